The average molecular weight is 520 g/mol. The van der Waals surface area contributed by atoms with Crippen molar-refractivity contribution < 1.29 is 24.1 Å². The third-order valence-electron chi connectivity index (χ3n) is 12.1. The summed E-state index contributed by atoms with van der Waals surface area (Å²) in [6.45, 7) is 7.15. The zero-order chi connectivity index (χ0) is 26.7. The number of aliphatic hydroxyl groups excluding tert-OH is 3. The third kappa shape index (κ3) is 4.48. The second kappa shape index (κ2) is 10.1. The third-order valence-corrected chi connectivity index (χ3v) is 12.1. The van der Waals surface area contributed by atoms with E-state index in [1.165, 1.54) is 37.5 Å². The molecule has 5 N–H and O–H groups in total. The van der Waals surface area contributed by atoms with Crippen LogP contribution in [-0.2, 0) is 0 Å². The van der Waals surface area contributed by atoms with Gasteiger partial charge in [-0.1, -0.05) is 39.7 Å². The Bertz CT molecular complexity index is 956. The fraction of sp³-hybridized carbons (Fsp3) is 0.806. The van der Waals surface area contributed by atoms with Crippen LogP contribution >= 0.6 is 0 Å². The summed E-state index contributed by atoms with van der Waals surface area (Å²) in [6, 6.07) is 3.80. The van der Waals surface area contributed by atoms with Crippen molar-refractivity contribution in [1.82, 2.24) is 0 Å². The normalized spacial score (nSPS) is 45.0. The molecule has 0 amide bonds. The molecular weight excluding hydrogens is 472 g/mol. The highest BCUT2D eigenvalue weighted by Crippen LogP contribution is 2.68. The topological polar surface area (TPSA) is 86.7 Å². The number of rotatable bonds is 6. The maximum Gasteiger partial charge on any atom is 0.131 e. The molecule has 6 heteroatoms. The zero-order valence-electron chi connectivity index (χ0n) is 22.8. The predicted molar refractivity (Wildman–Crippen MR) is 140 cm³/mol. The Kier molecular flexibility index (Phi) is 7.54. The molecule has 0 radical (unpaired) electrons. The van der Waals surface area contributed by atoms with E-state index in [1.54, 1.807) is 0 Å². The summed E-state index contributed by atoms with van der Waals surface area (Å²) in [5.41, 5.74) is 6.97. The summed E-state index contributed by atoms with van der Waals surface area (Å²) in [4.78, 5) is 0. The summed E-state index contributed by atoms with van der Waals surface area (Å²) in [6.07, 6.45) is 6.75. The molecule has 0 bridgehead atoms. The Labute approximate surface area is 221 Å². The molecule has 3 unspecified atom stereocenters. The summed E-state index contributed by atoms with van der Waals surface area (Å²) >= 11 is 0. The van der Waals surface area contributed by atoms with Crippen molar-refractivity contribution in [1.29, 1.82) is 0 Å². The molecule has 4 saturated carbocycles. The summed E-state index contributed by atoms with van der Waals surface area (Å²) in [7, 11) is 0. The molecule has 0 aliphatic heterocycles. The number of aliphatic hydroxyl groups is 3. The van der Waals surface area contributed by atoms with Crippen LogP contribution in [0.15, 0.2) is 18.2 Å². The molecule has 12 atom stereocenters. The first kappa shape index (κ1) is 27.5. The standard InChI is InChI=1S/C31H47F2NO3/c1-17(6-4-9-25(35)28-22(32)7-5-8-23(28)33)18-10-11-19-27-20(12-14-30(18,19)2)31(3)15-13-26(36)29(37)21(31)16-24(27)34/h5,7-8,17-21,24-27,29,35-37H,4,6,9-16,34H2,1-3H3/t17?,18-,19+,20+,21+,24?,25?,26+,27+,29-,30-,31-/m1/s1. The lowest BCUT2D eigenvalue weighted by molar-refractivity contribution is -0.180. The van der Waals surface area contributed by atoms with E-state index in [2.05, 4.69) is 20.8 Å². The van der Waals surface area contributed by atoms with Gasteiger partial charge in [0.2, 0.25) is 0 Å². The summed E-state index contributed by atoms with van der Waals surface area (Å²) < 4.78 is 28.1. The smallest absolute Gasteiger partial charge is 0.131 e. The van der Waals surface area contributed by atoms with Gasteiger partial charge in [-0.3, -0.25) is 0 Å². The lowest BCUT2D eigenvalue weighted by atomic mass is 9.43. The van der Waals surface area contributed by atoms with Gasteiger partial charge < -0.3 is 21.1 Å². The molecule has 0 aromatic heterocycles. The van der Waals surface area contributed by atoms with Crippen LogP contribution in [0.3, 0.4) is 0 Å². The number of halogens is 2. The molecule has 0 heterocycles. The van der Waals surface area contributed by atoms with E-state index in [0.29, 0.717) is 42.4 Å². The first-order chi connectivity index (χ1) is 17.5. The fourth-order valence-corrected chi connectivity index (χ4v) is 10.1. The Morgan fingerprint density at radius 2 is 1.59 bits per heavy atom. The molecule has 5 rings (SSSR count). The van der Waals surface area contributed by atoms with Gasteiger partial charge in [0.15, 0.2) is 0 Å². The van der Waals surface area contributed by atoms with Gasteiger partial charge >= 0.3 is 0 Å². The van der Waals surface area contributed by atoms with Gasteiger partial charge in [-0.25, -0.2) is 8.78 Å². The first-order valence-electron chi connectivity index (χ1n) is 14.7. The van der Waals surface area contributed by atoms with Crippen LogP contribution in [0.1, 0.15) is 96.6 Å². The van der Waals surface area contributed by atoms with E-state index in [0.717, 1.165) is 32.1 Å². The number of hydrogen-bond donors (Lipinski definition) is 4. The Balaban J connectivity index is 1.25. The second-order valence-corrected chi connectivity index (χ2v) is 13.7. The van der Waals surface area contributed by atoms with Gasteiger partial charge in [-0.15, -0.1) is 0 Å². The van der Waals surface area contributed by atoms with Gasteiger partial charge in [-0.2, -0.15) is 0 Å². The van der Waals surface area contributed by atoms with Crippen LogP contribution in [0.25, 0.3) is 0 Å². The molecule has 4 fully saturated rings. The quantitative estimate of drug-likeness (QED) is 0.386. The van der Waals surface area contributed by atoms with Crippen LogP contribution in [0.2, 0.25) is 0 Å². The van der Waals surface area contributed by atoms with Gasteiger partial charge in [0.1, 0.15) is 11.6 Å². The molecule has 1 aromatic rings. The average Bonchev–Trinajstić information content (AvgIpc) is 3.20. The SMILES string of the molecule is CC(CCCC(O)c1c(F)cccc1F)[C@H]1CC[C@H]2[C@@H]3C(N)C[C@H]4[C@@H](O)[C@@H](O)CC[C@]4(C)[C@H]3CC[C@]12C. The van der Waals surface area contributed by atoms with E-state index >= 15 is 0 Å². The lowest BCUT2D eigenvalue weighted by Gasteiger charge is -2.63. The minimum atomic E-state index is -1.12. The number of hydrogen-bond acceptors (Lipinski definition) is 4. The fourth-order valence-electron chi connectivity index (χ4n) is 10.1. The van der Waals surface area contributed by atoms with Crippen molar-refractivity contribution in [2.45, 2.75) is 109 Å². The number of nitrogens with two attached hydrogens (primary N) is 1. The van der Waals surface area contributed by atoms with E-state index in [-0.39, 0.29) is 28.4 Å². The molecule has 1 aromatic carbocycles. The maximum absolute atomic E-state index is 14.1. The molecule has 4 aliphatic carbocycles. The largest absolute Gasteiger partial charge is 0.390 e. The van der Waals surface area contributed by atoms with Crippen LogP contribution < -0.4 is 5.73 Å². The Hall–Kier alpha value is -1.08. The van der Waals surface area contributed by atoms with Crippen LogP contribution in [0.5, 0.6) is 0 Å². The predicted octanol–water partition coefficient (Wildman–Crippen LogP) is 5.73. The Morgan fingerprint density at radius 1 is 0.946 bits per heavy atom. The molecule has 37 heavy (non-hydrogen) atoms. The summed E-state index contributed by atoms with van der Waals surface area (Å²) in [5, 5.41) is 31.7. The zero-order valence-corrected chi connectivity index (χ0v) is 22.8. The molecule has 208 valence electrons. The van der Waals surface area contributed by atoms with Gasteiger partial charge in [-0.05, 0) is 110 Å². The van der Waals surface area contributed by atoms with Gasteiger partial charge in [0.05, 0.1) is 23.9 Å². The molecule has 0 saturated heterocycles. The Morgan fingerprint density at radius 3 is 2.30 bits per heavy atom. The van der Waals surface area contributed by atoms with Crippen LogP contribution in [0, 0.1) is 58.0 Å². The minimum absolute atomic E-state index is 0.0440. The summed E-state index contributed by atoms with van der Waals surface area (Å²) in [5.74, 6) is 1.32. The van der Waals surface area contributed by atoms with E-state index in [9.17, 15) is 24.1 Å². The van der Waals surface area contributed by atoms with Crippen molar-refractivity contribution in [3.8, 4) is 0 Å². The molecule has 0 spiro atoms. The highest BCUT2D eigenvalue weighted by molar-refractivity contribution is 5.22. The van der Waals surface area contributed by atoms with Crippen molar-refractivity contribution in [3.63, 3.8) is 0 Å². The molecule has 4 nitrogen and oxygen atoms in total. The van der Waals surface area contributed by atoms with Crippen LogP contribution in [-0.4, -0.2) is 33.6 Å². The maximum atomic E-state index is 14.1. The van der Waals surface area contributed by atoms with E-state index < -0.39 is 29.9 Å². The monoisotopic (exact) mass is 519 g/mol. The van der Waals surface area contributed by atoms with Gasteiger partial charge in [0.25, 0.3) is 0 Å². The van der Waals surface area contributed by atoms with Crippen molar-refractivity contribution >= 4 is 0 Å². The van der Waals surface area contributed by atoms with Crippen LogP contribution in [0.4, 0.5) is 8.78 Å². The number of fused-ring (bicyclic) bond motifs is 5. The number of benzene rings is 1. The van der Waals surface area contributed by atoms with Crippen molar-refractivity contribution in [2.24, 2.45) is 52.1 Å². The highest BCUT2D eigenvalue weighted by Gasteiger charge is 2.63. The second-order valence-electron chi connectivity index (χ2n) is 13.7. The minimum Gasteiger partial charge on any atom is -0.390 e. The highest BCUT2D eigenvalue weighted by atomic mass is 19.1. The van der Waals surface area contributed by atoms with Crippen molar-refractivity contribution in [3.05, 3.63) is 35.4 Å². The lowest BCUT2D eigenvalue weighted by Crippen LogP contribution is -2.63. The van der Waals surface area contributed by atoms with Crippen molar-refractivity contribution in [2.75, 3.05) is 0 Å². The molecular formula is C31H47F2NO3. The van der Waals surface area contributed by atoms with Gasteiger partial charge in [0, 0.05) is 6.04 Å². The first-order valence-corrected chi connectivity index (χ1v) is 14.7. The van der Waals surface area contributed by atoms with E-state index in [4.69, 9.17) is 5.73 Å². The molecule has 4 aliphatic rings. The van der Waals surface area contributed by atoms with E-state index in [1.807, 2.05) is 0 Å².